The van der Waals surface area contributed by atoms with E-state index in [0.717, 1.165) is 28.2 Å². The standard InChI is InChI=1S/C69H51NO/c1-43-23-33-54-48(39-43)28-36-63-66(54)45(3)71-67-55-34-24-44(2)40-49(55)29-37-64(67)69(63)62-22-14-12-19-56(62)58-35-27-47(41-65(58)69)46-25-30-52(31-26-46)70(51-17-9-6-10-18-51)53-32-38-61-59(42-53)57-20-11-13-21-60(57)68(61,4)50-15-7-5-8-16-50/h5-42,45H,1-4H3/t45-,68?,69?/m0/s1. The van der Waals surface area contributed by atoms with Crippen molar-refractivity contribution in [2.75, 3.05) is 4.90 Å². The highest BCUT2D eigenvalue weighted by Gasteiger charge is 2.51. The first-order chi connectivity index (χ1) is 34.8. The van der Waals surface area contributed by atoms with Gasteiger partial charge in [-0.25, -0.2) is 0 Å². The first-order valence-electron chi connectivity index (χ1n) is 25.0. The highest BCUT2D eigenvalue weighted by Crippen LogP contribution is 2.62. The van der Waals surface area contributed by atoms with E-state index in [1.165, 1.54) is 105 Å². The smallest absolute Gasteiger partial charge is 0.132 e. The van der Waals surface area contributed by atoms with Crippen LogP contribution in [0.15, 0.2) is 231 Å². The van der Waals surface area contributed by atoms with Crippen LogP contribution in [0, 0.1) is 13.8 Å². The maximum Gasteiger partial charge on any atom is 0.132 e. The molecule has 0 aromatic heterocycles. The van der Waals surface area contributed by atoms with Crippen LogP contribution in [0.3, 0.4) is 0 Å². The number of anilines is 3. The second-order valence-electron chi connectivity index (χ2n) is 20.2. The van der Waals surface area contributed by atoms with Gasteiger partial charge in [-0.3, -0.25) is 0 Å². The van der Waals surface area contributed by atoms with Gasteiger partial charge in [0, 0.05) is 39.0 Å². The minimum absolute atomic E-state index is 0.199. The van der Waals surface area contributed by atoms with Gasteiger partial charge in [-0.05, 0) is 153 Å². The van der Waals surface area contributed by atoms with Gasteiger partial charge in [0.1, 0.15) is 11.9 Å². The van der Waals surface area contributed by atoms with Crippen molar-refractivity contribution in [1.82, 2.24) is 0 Å². The maximum atomic E-state index is 7.38. The molecule has 1 heterocycles. The highest BCUT2D eigenvalue weighted by atomic mass is 16.5. The molecule has 0 amide bonds. The van der Waals surface area contributed by atoms with Crippen LogP contribution in [0.2, 0.25) is 0 Å². The Hall–Kier alpha value is -8.46. The molecule has 0 saturated carbocycles. The first kappa shape index (κ1) is 41.5. The van der Waals surface area contributed by atoms with E-state index < -0.39 is 5.41 Å². The number of ether oxygens (including phenoxy) is 1. The summed E-state index contributed by atoms with van der Waals surface area (Å²) in [6, 6.07) is 86.4. The van der Waals surface area contributed by atoms with Crippen LogP contribution in [0.1, 0.15) is 75.6 Å². The molecule has 0 radical (unpaired) electrons. The zero-order valence-corrected chi connectivity index (χ0v) is 40.4. The number of fused-ring (bicyclic) bond motifs is 16. The molecule has 1 spiro atoms. The molecule has 1 aliphatic heterocycles. The molecule has 11 aromatic carbocycles. The summed E-state index contributed by atoms with van der Waals surface area (Å²) >= 11 is 0. The molecule has 338 valence electrons. The van der Waals surface area contributed by atoms with Crippen molar-refractivity contribution in [2.24, 2.45) is 0 Å². The number of rotatable bonds is 5. The third-order valence-electron chi connectivity index (χ3n) is 16.3. The van der Waals surface area contributed by atoms with E-state index in [1.54, 1.807) is 0 Å². The van der Waals surface area contributed by atoms with Gasteiger partial charge in [0.05, 0.1) is 5.41 Å². The van der Waals surface area contributed by atoms with E-state index >= 15 is 0 Å². The van der Waals surface area contributed by atoms with Crippen LogP contribution in [0.5, 0.6) is 5.75 Å². The van der Waals surface area contributed by atoms with Gasteiger partial charge >= 0.3 is 0 Å². The van der Waals surface area contributed by atoms with Gasteiger partial charge < -0.3 is 9.64 Å². The lowest BCUT2D eigenvalue weighted by Gasteiger charge is -2.35. The predicted octanol–water partition coefficient (Wildman–Crippen LogP) is 17.9. The van der Waals surface area contributed by atoms with Gasteiger partial charge in [-0.2, -0.15) is 0 Å². The first-order valence-corrected chi connectivity index (χ1v) is 25.0. The molecule has 2 unspecified atom stereocenters. The number of aryl methyl sites for hydroxylation is 2. The van der Waals surface area contributed by atoms with Crippen molar-refractivity contribution in [3.63, 3.8) is 0 Å². The van der Waals surface area contributed by atoms with Crippen molar-refractivity contribution in [1.29, 1.82) is 0 Å². The summed E-state index contributed by atoms with van der Waals surface area (Å²) in [5.74, 6) is 0.963. The van der Waals surface area contributed by atoms with Gasteiger partial charge in [0.25, 0.3) is 0 Å². The van der Waals surface area contributed by atoms with Gasteiger partial charge in [0.15, 0.2) is 0 Å². The Kier molecular flexibility index (Phi) is 9.07. The van der Waals surface area contributed by atoms with E-state index in [1.807, 2.05) is 0 Å². The Balaban J connectivity index is 0.941. The van der Waals surface area contributed by atoms with Crippen molar-refractivity contribution < 1.29 is 4.74 Å². The predicted molar refractivity (Wildman–Crippen MR) is 295 cm³/mol. The molecular formula is C69H51NO. The fraction of sp³-hybridized carbons (Fsp3) is 0.101. The fourth-order valence-electron chi connectivity index (χ4n) is 13.0. The van der Waals surface area contributed by atoms with Gasteiger partial charge in [-0.15, -0.1) is 0 Å². The zero-order chi connectivity index (χ0) is 47.6. The Morgan fingerprint density at radius 2 is 0.944 bits per heavy atom. The van der Waals surface area contributed by atoms with E-state index in [9.17, 15) is 0 Å². The lowest BCUT2D eigenvalue weighted by molar-refractivity contribution is 0.232. The topological polar surface area (TPSA) is 12.5 Å². The summed E-state index contributed by atoms with van der Waals surface area (Å²) < 4.78 is 7.38. The minimum atomic E-state index is -0.650. The third kappa shape index (κ3) is 5.95. The molecular weight excluding hydrogens is 859 g/mol. The molecule has 3 atom stereocenters. The number of hydrogen-bond donors (Lipinski definition) is 0. The van der Waals surface area contributed by atoms with Crippen LogP contribution in [-0.2, 0) is 10.8 Å². The van der Waals surface area contributed by atoms with E-state index in [2.05, 4.69) is 263 Å². The zero-order valence-electron chi connectivity index (χ0n) is 40.4. The lowest BCUT2D eigenvalue weighted by atomic mass is 9.65. The molecule has 11 aromatic rings. The third-order valence-corrected chi connectivity index (χ3v) is 16.3. The maximum absolute atomic E-state index is 7.38. The monoisotopic (exact) mass is 909 g/mol. The lowest BCUT2D eigenvalue weighted by Crippen LogP contribution is -2.29. The quantitative estimate of drug-likeness (QED) is 0.171. The van der Waals surface area contributed by atoms with Crippen molar-refractivity contribution in [3.05, 3.63) is 286 Å². The van der Waals surface area contributed by atoms with Crippen molar-refractivity contribution in [2.45, 2.75) is 44.6 Å². The Morgan fingerprint density at radius 3 is 1.69 bits per heavy atom. The van der Waals surface area contributed by atoms with Crippen molar-refractivity contribution >= 4 is 38.6 Å². The van der Waals surface area contributed by atoms with Crippen LogP contribution >= 0.6 is 0 Å². The number of para-hydroxylation sites is 1. The molecule has 14 rings (SSSR count). The summed E-state index contributed by atoms with van der Waals surface area (Å²) in [4.78, 5) is 2.40. The Bertz CT molecular complexity index is 3970. The Morgan fingerprint density at radius 1 is 0.394 bits per heavy atom. The van der Waals surface area contributed by atoms with Crippen LogP contribution in [0.25, 0.3) is 54.9 Å². The van der Waals surface area contributed by atoms with E-state index in [-0.39, 0.29) is 11.5 Å². The normalized spacial score (nSPS) is 17.9. The van der Waals surface area contributed by atoms with Crippen molar-refractivity contribution in [3.8, 4) is 39.1 Å². The number of hydrogen-bond acceptors (Lipinski definition) is 2. The molecule has 0 fully saturated rings. The summed E-state index contributed by atoms with van der Waals surface area (Å²) in [6.07, 6.45) is -0.199. The highest BCUT2D eigenvalue weighted by molar-refractivity contribution is 5.98. The molecule has 3 aliphatic rings. The largest absolute Gasteiger partial charge is 0.485 e. The van der Waals surface area contributed by atoms with Crippen LogP contribution in [-0.4, -0.2) is 0 Å². The molecule has 0 saturated heterocycles. The molecule has 2 nitrogen and oxygen atoms in total. The number of benzene rings is 11. The van der Waals surface area contributed by atoms with Gasteiger partial charge in [-0.1, -0.05) is 199 Å². The summed E-state index contributed by atoms with van der Waals surface area (Å²) in [7, 11) is 0. The average Bonchev–Trinajstić information content (AvgIpc) is 3.81. The summed E-state index contributed by atoms with van der Waals surface area (Å²) in [5, 5.41) is 4.82. The van der Waals surface area contributed by atoms with Crippen LogP contribution in [0.4, 0.5) is 17.1 Å². The molecule has 2 heteroatoms. The summed E-state index contributed by atoms with van der Waals surface area (Å²) in [5.41, 5.74) is 22.6. The Labute approximate surface area is 416 Å². The van der Waals surface area contributed by atoms with E-state index in [4.69, 9.17) is 4.74 Å². The molecule has 0 bridgehead atoms. The van der Waals surface area contributed by atoms with Crippen LogP contribution < -0.4 is 9.64 Å². The molecule has 2 aliphatic carbocycles. The fourth-order valence-corrected chi connectivity index (χ4v) is 13.0. The van der Waals surface area contributed by atoms with Gasteiger partial charge in [0.2, 0.25) is 0 Å². The minimum Gasteiger partial charge on any atom is -0.485 e. The molecule has 71 heavy (non-hydrogen) atoms. The van der Waals surface area contributed by atoms with E-state index in [0.29, 0.717) is 0 Å². The number of nitrogens with zero attached hydrogens (tertiary/aromatic N) is 1. The second-order valence-corrected chi connectivity index (χ2v) is 20.2. The summed E-state index contributed by atoms with van der Waals surface area (Å²) in [6.45, 7) is 8.98. The SMILES string of the molecule is Cc1ccc2c3c(ccc2c1)C1(c2ccccc2-c2ccc(-c4ccc(N(c5ccccc5)c5ccc6c(c5)-c5ccccc5C6(C)c5ccccc5)cc4)cc21)c1ccc2cc(C)ccc2c1[C@H](C)O3. The average molecular weight is 910 g/mol. The second kappa shape index (κ2) is 15.5. The molecule has 0 N–H and O–H groups in total.